The van der Waals surface area contributed by atoms with Gasteiger partial charge in [-0.25, -0.2) is 4.79 Å². The van der Waals surface area contributed by atoms with E-state index in [0.717, 1.165) is 16.0 Å². The quantitative estimate of drug-likeness (QED) is 0.591. The third-order valence-corrected chi connectivity index (χ3v) is 5.64. The van der Waals surface area contributed by atoms with E-state index < -0.39 is 5.97 Å². The molecule has 2 aromatic rings. The summed E-state index contributed by atoms with van der Waals surface area (Å²) in [4.78, 5) is 28.3. The van der Waals surface area contributed by atoms with Crippen LogP contribution in [0.2, 0.25) is 0 Å². The molecule has 2 heterocycles. The lowest BCUT2D eigenvalue weighted by Gasteiger charge is -2.26. The fourth-order valence-corrected chi connectivity index (χ4v) is 4.07. The Kier molecular flexibility index (Phi) is 5.09. The Bertz CT molecular complexity index is 908. The Labute approximate surface area is 157 Å². The van der Waals surface area contributed by atoms with Crippen LogP contribution in [0.4, 0.5) is 0 Å². The highest BCUT2D eigenvalue weighted by Crippen LogP contribution is 2.38. The highest BCUT2D eigenvalue weighted by atomic mass is 32.1. The van der Waals surface area contributed by atoms with Crippen LogP contribution in [0, 0.1) is 6.92 Å². The molecule has 1 aliphatic heterocycles. The normalized spacial score (nSPS) is 17.2. The van der Waals surface area contributed by atoms with Crippen LogP contribution in [0.5, 0.6) is 0 Å². The van der Waals surface area contributed by atoms with Gasteiger partial charge in [-0.1, -0.05) is 30.3 Å². The summed E-state index contributed by atoms with van der Waals surface area (Å²) < 4.78 is 4.95. The van der Waals surface area contributed by atoms with E-state index in [9.17, 15) is 9.59 Å². The summed E-state index contributed by atoms with van der Waals surface area (Å²) in [6.07, 6.45) is 1.80. The lowest BCUT2D eigenvalue weighted by atomic mass is 10.1. The summed E-state index contributed by atoms with van der Waals surface area (Å²) in [5, 5.41) is 1.97. The second kappa shape index (κ2) is 7.30. The van der Waals surface area contributed by atoms with Crippen molar-refractivity contribution in [2.24, 2.45) is 0 Å². The topological polar surface area (TPSA) is 46.6 Å². The van der Waals surface area contributed by atoms with Gasteiger partial charge >= 0.3 is 5.97 Å². The van der Waals surface area contributed by atoms with E-state index in [2.05, 4.69) is 0 Å². The molecule has 5 heteroatoms. The summed E-state index contributed by atoms with van der Waals surface area (Å²) in [6.45, 7) is 5.75. The first kappa shape index (κ1) is 18.1. The van der Waals surface area contributed by atoms with Gasteiger partial charge in [0.25, 0.3) is 5.91 Å². The van der Waals surface area contributed by atoms with Gasteiger partial charge in [0.15, 0.2) is 0 Å². The fourth-order valence-electron chi connectivity index (χ4n) is 3.21. The average Bonchev–Trinajstić information content (AvgIpc) is 3.16. The Morgan fingerprint density at radius 3 is 2.46 bits per heavy atom. The predicted octanol–water partition coefficient (Wildman–Crippen LogP) is 4.49. The summed E-state index contributed by atoms with van der Waals surface area (Å²) in [6, 6.07) is 11.6. The van der Waals surface area contributed by atoms with Crippen molar-refractivity contribution in [2.45, 2.75) is 26.8 Å². The van der Waals surface area contributed by atoms with Gasteiger partial charge in [-0.3, -0.25) is 4.79 Å². The van der Waals surface area contributed by atoms with Crippen molar-refractivity contribution in [3.05, 3.63) is 74.6 Å². The molecule has 0 N–H and O–H groups in total. The first-order valence-electron chi connectivity index (χ1n) is 8.39. The zero-order valence-corrected chi connectivity index (χ0v) is 16.1. The molecular weight excluding hydrogens is 346 g/mol. The van der Waals surface area contributed by atoms with Crippen molar-refractivity contribution in [3.8, 4) is 0 Å². The van der Waals surface area contributed by atoms with E-state index in [1.165, 1.54) is 7.11 Å². The molecule has 0 saturated heterocycles. The number of nitrogens with zero attached hydrogens (tertiary/aromatic N) is 1. The molecule has 1 aromatic carbocycles. The van der Waals surface area contributed by atoms with Crippen molar-refractivity contribution < 1.29 is 14.3 Å². The number of carbonyl (C=O) groups excluding carboxylic acids is 2. The molecule has 1 aliphatic rings. The highest BCUT2D eigenvalue weighted by molar-refractivity contribution is 7.11. The van der Waals surface area contributed by atoms with Crippen molar-refractivity contribution in [3.63, 3.8) is 0 Å². The fraction of sp³-hybridized carbons (Fsp3) is 0.238. The number of methoxy groups -OCH3 is 1. The summed E-state index contributed by atoms with van der Waals surface area (Å²) in [5.41, 5.74) is 3.44. The van der Waals surface area contributed by atoms with Crippen molar-refractivity contribution in [2.75, 3.05) is 7.11 Å². The Hall–Kier alpha value is -2.66. The van der Waals surface area contributed by atoms with Gasteiger partial charge < -0.3 is 9.64 Å². The number of esters is 1. The third kappa shape index (κ3) is 3.10. The van der Waals surface area contributed by atoms with E-state index in [4.69, 9.17) is 4.74 Å². The maximum atomic E-state index is 13.2. The molecule has 134 valence electrons. The maximum Gasteiger partial charge on any atom is 0.340 e. The number of amides is 1. The van der Waals surface area contributed by atoms with Crippen LogP contribution in [0.1, 0.15) is 35.9 Å². The molecule has 4 nitrogen and oxygen atoms in total. The molecule has 1 aromatic heterocycles. The summed E-state index contributed by atoms with van der Waals surface area (Å²) in [7, 11) is 1.34. The Morgan fingerprint density at radius 2 is 1.88 bits per heavy atom. The lowest BCUT2D eigenvalue weighted by Crippen LogP contribution is -2.28. The number of ether oxygens (including phenoxy) is 1. The molecule has 0 fully saturated rings. The van der Waals surface area contributed by atoms with Gasteiger partial charge in [0, 0.05) is 10.6 Å². The van der Waals surface area contributed by atoms with Crippen LogP contribution in [0.25, 0.3) is 6.08 Å². The molecule has 0 unspecified atom stereocenters. The van der Waals surface area contributed by atoms with Gasteiger partial charge in [-0.15, -0.1) is 11.3 Å². The Balaban J connectivity index is 2.10. The standard InChI is InChI=1S/C21H21NO3S/c1-13-10-11-26-18(13)12-17-19(21(24)25-4)15(3)22(20(17)23)14(2)16-8-6-5-7-9-16/h5-12,14H,1-4H3/b17-12-/t14-/m1/s1. The lowest BCUT2D eigenvalue weighted by molar-refractivity contribution is -0.136. The number of hydrogen-bond acceptors (Lipinski definition) is 4. The van der Waals surface area contributed by atoms with Crippen LogP contribution in [-0.2, 0) is 14.3 Å². The van der Waals surface area contributed by atoms with Crippen LogP contribution >= 0.6 is 11.3 Å². The number of thiophene rings is 1. The molecule has 1 amide bonds. The largest absolute Gasteiger partial charge is 0.465 e. The van der Waals surface area contributed by atoms with Crippen LogP contribution in [-0.4, -0.2) is 23.9 Å². The minimum absolute atomic E-state index is 0.174. The molecule has 0 bridgehead atoms. The zero-order chi connectivity index (χ0) is 18.8. The van der Waals surface area contributed by atoms with Crippen molar-refractivity contribution >= 4 is 29.3 Å². The maximum absolute atomic E-state index is 13.2. The molecule has 3 rings (SSSR count). The van der Waals surface area contributed by atoms with Crippen molar-refractivity contribution in [1.29, 1.82) is 0 Å². The summed E-state index contributed by atoms with van der Waals surface area (Å²) >= 11 is 1.55. The van der Waals surface area contributed by atoms with E-state index in [0.29, 0.717) is 16.8 Å². The van der Waals surface area contributed by atoms with Gasteiger partial charge in [0.1, 0.15) is 0 Å². The highest BCUT2D eigenvalue weighted by Gasteiger charge is 2.39. The minimum Gasteiger partial charge on any atom is -0.465 e. The second-order valence-electron chi connectivity index (χ2n) is 6.24. The summed E-state index contributed by atoms with van der Waals surface area (Å²) in [5.74, 6) is -0.661. The number of aryl methyl sites for hydroxylation is 1. The number of allylic oxidation sites excluding steroid dienone is 1. The molecule has 26 heavy (non-hydrogen) atoms. The van der Waals surface area contributed by atoms with Crippen LogP contribution in [0.15, 0.2) is 58.6 Å². The monoisotopic (exact) mass is 367 g/mol. The van der Waals surface area contributed by atoms with Gasteiger partial charge in [-0.2, -0.15) is 0 Å². The van der Waals surface area contributed by atoms with E-state index in [1.807, 2.05) is 55.6 Å². The van der Waals surface area contributed by atoms with Gasteiger partial charge in [0.05, 0.1) is 24.3 Å². The third-order valence-electron chi connectivity index (χ3n) is 4.68. The SMILES string of the molecule is COC(=O)C1=C(C)N([C@H](C)c2ccccc2)C(=O)/C1=C\c1sccc1C. The molecule has 0 saturated carbocycles. The number of benzene rings is 1. The van der Waals surface area contributed by atoms with E-state index >= 15 is 0 Å². The van der Waals surface area contributed by atoms with Gasteiger partial charge in [0.2, 0.25) is 0 Å². The molecule has 0 aliphatic carbocycles. The smallest absolute Gasteiger partial charge is 0.340 e. The zero-order valence-electron chi connectivity index (χ0n) is 15.3. The van der Waals surface area contributed by atoms with E-state index in [-0.39, 0.29) is 11.9 Å². The molecule has 0 spiro atoms. The van der Waals surface area contributed by atoms with Gasteiger partial charge in [-0.05, 0) is 49.4 Å². The number of carbonyl (C=O) groups is 2. The van der Waals surface area contributed by atoms with Crippen LogP contribution in [0.3, 0.4) is 0 Å². The second-order valence-corrected chi connectivity index (χ2v) is 7.19. The Morgan fingerprint density at radius 1 is 1.19 bits per heavy atom. The number of rotatable bonds is 4. The molecular formula is C21H21NO3S. The molecule has 1 atom stereocenters. The van der Waals surface area contributed by atoms with Crippen LogP contribution < -0.4 is 0 Å². The first-order valence-corrected chi connectivity index (χ1v) is 9.27. The molecule has 0 radical (unpaired) electrons. The number of hydrogen-bond donors (Lipinski definition) is 0. The predicted molar refractivity (Wildman–Crippen MR) is 103 cm³/mol. The van der Waals surface area contributed by atoms with E-state index in [1.54, 1.807) is 29.2 Å². The minimum atomic E-state index is -0.487. The van der Waals surface area contributed by atoms with Crippen molar-refractivity contribution in [1.82, 2.24) is 4.90 Å². The first-order chi connectivity index (χ1) is 12.5. The average molecular weight is 367 g/mol.